The van der Waals surface area contributed by atoms with Crippen LogP contribution in [0, 0.1) is 20.8 Å². The SMILES string of the molecule is CCC1(CC)C2=C(c3cc(C)c(C)c(C)c3N1C(=O)Cn1c(=O)[nH][nH]c1=O)C1(SC(C(=O)O)=C(C(=O)O)S1)C(C)=C(C)S2. The maximum Gasteiger partial charge on any atom is 0.344 e. The second-order valence-corrected chi connectivity index (χ2v) is 14.8. The highest BCUT2D eigenvalue weighted by Crippen LogP contribution is 2.71. The van der Waals surface area contributed by atoms with Gasteiger partial charge in [0.25, 0.3) is 0 Å². The van der Waals surface area contributed by atoms with Crippen molar-refractivity contribution in [1.82, 2.24) is 14.8 Å². The molecule has 3 aliphatic rings. The molecule has 1 aromatic carbocycles. The van der Waals surface area contributed by atoms with Crippen molar-refractivity contribution in [2.45, 2.75) is 77.5 Å². The van der Waals surface area contributed by atoms with Crippen molar-refractivity contribution in [3.05, 3.63) is 74.5 Å². The Kier molecular flexibility index (Phi) is 7.71. The molecule has 4 heterocycles. The molecule has 4 N–H and O–H groups in total. The predicted molar refractivity (Wildman–Crippen MR) is 170 cm³/mol. The highest BCUT2D eigenvalue weighted by Gasteiger charge is 2.59. The largest absolute Gasteiger partial charge is 0.477 e. The van der Waals surface area contributed by atoms with E-state index in [1.54, 1.807) is 4.90 Å². The molecule has 0 radical (unpaired) electrons. The van der Waals surface area contributed by atoms with Crippen LogP contribution in [0.25, 0.3) is 5.57 Å². The third-order valence-electron chi connectivity index (χ3n) is 8.87. The number of rotatable bonds is 6. The van der Waals surface area contributed by atoms with Gasteiger partial charge >= 0.3 is 23.3 Å². The number of allylic oxidation sites excluding steroid dienone is 1. The molecule has 11 nitrogen and oxygen atoms in total. The van der Waals surface area contributed by atoms with Crippen LogP contribution in [0.15, 0.2) is 40.8 Å². The number of carbonyl (C=O) groups is 3. The number of nitrogens with one attached hydrogen (secondary N) is 2. The van der Waals surface area contributed by atoms with Crippen molar-refractivity contribution in [3.63, 3.8) is 0 Å². The summed E-state index contributed by atoms with van der Waals surface area (Å²) in [6, 6.07) is 1.98. The highest BCUT2D eigenvalue weighted by molar-refractivity contribution is 8.26. The Balaban J connectivity index is 1.88. The Bertz CT molecular complexity index is 1780. The van der Waals surface area contributed by atoms with Crippen LogP contribution in [-0.4, -0.2) is 52.4 Å². The minimum absolute atomic E-state index is 0.228. The number of anilines is 1. The number of carboxylic acid groups (broad SMARTS) is 2. The van der Waals surface area contributed by atoms with Crippen molar-refractivity contribution in [1.29, 1.82) is 0 Å². The van der Waals surface area contributed by atoms with E-state index in [0.717, 1.165) is 65.7 Å². The smallest absolute Gasteiger partial charge is 0.344 e. The second kappa shape index (κ2) is 10.7. The summed E-state index contributed by atoms with van der Waals surface area (Å²) in [7, 11) is 0. The zero-order valence-electron chi connectivity index (χ0n) is 24.8. The first kappa shape index (κ1) is 31.1. The van der Waals surface area contributed by atoms with E-state index in [4.69, 9.17) is 0 Å². The number of nitrogens with zero attached hydrogens (tertiary/aromatic N) is 2. The van der Waals surface area contributed by atoms with Gasteiger partial charge in [-0.3, -0.25) is 9.69 Å². The number of hydrogen-bond donors (Lipinski definition) is 4. The van der Waals surface area contributed by atoms with Gasteiger partial charge in [0.15, 0.2) is 0 Å². The van der Waals surface area contributed by atoms with Crippen molar-refractivity contribution in [2.24, 2.45) is 0 Å². The molecule has 0 bridgehead atoms. The zero-order chi connectivity index (χ0) is 31.8. The van der Waals surface area contributed by atoms with E-state index < -0.39 is 45.4 Å². The van der Waals surface area contributed by atoms with Gasteiger partial charge in [-0.2, -0.15) is 0 Å². The molecule has 1 spiro atoms. The first-order chi connectivity index (χ1) is 20.2. The molecule has 0 saturated heterocycles. The van der Waals surface area contributed by atoms with Gasteiger partial charge in [0.2, 0.25) is 5.91 Å². The Morgan fingerprint density at radius 2 is 1.42 bits per heavy atom. The molecule has 14 heteroatoms. The molecule has 2 aromatic rings. The Hall–Kier alpha value is -3.36. The van der Waals surface area contributed by atoms with Crippen molar-refractivity contribution in [2.75, 3.05) is 4.90 Å². The molecule has 0 aliphatic carbocycles. The number of hydrogen-bond acceptors (Lipinski definition) is 8. The topological polar surface area (TPSA) is 166 Å². The fraction of sp³-hybridized carbons (Fsp3) is 0.414. The zero-order valence-corrected chi connectivity index (χ0v) is 27.2. The van der Waals surface area contributed by atoms with E-state index in [2.05, 4.69) is 10.2 Å². The number of amides is 1. The third-order valence-corrected chi connectivity index (χ3v) is 13.7. The highest BCUT2D eigenvalue weighted by atomic mass is 32.2. The molecule has 0 atom stereocenters. The van der Waals surface area contributed by atoms with Crippen LogP contribution in [0.1, 0.15) is 62.8 Å². The molecular weight excluding hydrogens is 613 g/mol. The second-order valence-electron chi connectivity index (χ2n) is 10.8. The number of aromatic nitrogens is 3. The summed E-state index contributed by atoms with van der Waals surface area (Å²) in [6.07, 6.45) is 0.933. The number of aliphatic carboxylic acids is 2. The first-order valence-corrected chi connectivity index (χ1v) is 16.1. The number of carbonyl (C=O) groups excluding carboxylic acids is 1. The molecule has 228 valence electrons. The van der Waals surface area contributed by atoms with Crippen LogP contribution in [0.2, 0.25) is 0 Å². The standard InChI is InChI=1S/C29H32N4O7S3/c1-8-28(9-2)23-19(29(15(6)16(7)41-23)42-21(24(35)36)22(43-29)25(37)38)17-10-12(3)13(4)14(5)20(17)33(28)18(34)11-32-26(39)30-31-27(32)40/h10H,8-9,11H2,1-7H3,(H,30,39)(H,31,40)(H,35,36)(H,37,38). The number of thioether (sulfide) groups is 3. The Morgan fingerprint density at radius 3 is 1.91 bits per heavy atom. The summed E-state index contributed by atoms with van der Waals surface area (Å²) >= 11 is 3.57. The number of H-pyrrole nitrogens is 2. The monoisotopic (exact) mass is 644 g/mol. The maximum atomic E-state index is 14.4. The number of fused-ring (bicyclic) bond motifs is 3. The molecule has 1 aromatic heterocycles. The molecule has 0 fully saturated rings. The van der Waals surface area contributed by atoms with Gasteiger partial charge in [0, 0.05) is 16.0 Å². The average Bonchev–Trinajstić information content (AvgIpc) is 3.51. The van der Waals surface area contributed by atoms with E-state index in [1.165, 1.54) is 11.8 Å². The molecule has 1 amide bonds. The van der Waals surface area contributed by atoms with Gasteiger partial charge in [-0.25, -0.2) is 33.9 Å². The Morgan fingerprint density at radius 1 is 0.884 bits per heavy atom. The van der Waals surface area contributed by atoms with Gasteiger partial charge in [-0.05, 0) is 80.7 Å². The lowest BCUT2D eigenvalue weighted by Crippen LogP contribution is -2.58. The third kappa shape index (κ3) is 4.32. The summed E-state index contributed by atoms with van der Waals surface area (Å²) < 4.78 is -0.275. The maximum absolute atomic E-state index is 14.4. The van der Waals surface area contributed by atoms with E-state index in [-0.39, 0.29) is 9.81 Å². The minimum Gasteiger partial charge on any atom is -0.477 e. The molecule has 0 saturated carbocycles. The fourth-order valence-electron chi connectivity index (χ4n) is 6.21. The van der Waals surface area contributed by atoms with Gasteiger partial charge in [-0.1, -0.05) is 49.1 Å². The predicted octanol–water partition coefficient (Wildman–Crippen LogP) is 4.70. The summed E-state index contributed by atoms with van der Waals surface area (Å²) in [5.41, 5.74) is 3.31. The molecule has 43 heavy (non-hydrogen) atoms. The van der Waals surface area contributed by atoms with Crippen molar-refractivity contribution >= 4 is 64.4 Å². The number of benzene rings is 1. The van der Waals surface area contributed by atoms with Gasteiger partial charge < -0.3 is 10.2 Å². The normalized spacial score (nSPS) is 18.8. The van der Waals surface area contributed by atoms with Crippen LogP contribution in [-0.2, 0) is 20.9 Å². The van der Waals surface area contributed by atoms with E-state index in [0.29, 0.717) is 24.1 Å². The number of aryl methyl sites for hydroxylation is 1. The average molecular weight is 645 g/mol. The van der Waals surface area contributed by atoms with Gasteiger partial charge in [-0.15, -0.1) is 0 Å². The minimum atomic E-state index is -1.30. The number of carboxylic acids is 2. The lowest BCUT2D eigenvalue weighted by atomic mass is 9.77. The van der Waals surface area contributed by atoms with Gasteiger partial charge in [0.1, 0.15) is 20.4 Å². The Labute approximate surface area is 259 Å². The molecule has 0 unspecified atom stereocenters. The summed E-state index contributed by atoms with van der Waals surface area (Å²) in [4.78, 5) is 66.9. The van der Waals surface area contributed by atoms with Crippen molar-refractivity contribution in [3.8, 4) is 0 Å². The molecule has 5 rings (SSSR count). The van der Waals surface area contributed by atoms with Crippen LogP contribution < -0.4 is 16.3 Å². The number of aromatic amines is 2. The van der Waals surface area contributed by atoms with E-state index >= 15 is 0 Å². The fourth-order valence-corrected chi connectivity index (χ4v) is 11.3. The lowest BCUT2D eigenvalue weighted by molar-refractivity contribution is -0.134. The first-order valence-electron chi connectivity index (χ1n) is 13.7. The van der Waals surface area contributed by atoms with Gasteiger partial charge in [0.05, 0.1) is 11.2 Å². The van der Waals surface area contributed by atoms with E-state index in [9.17, 15) is 34.2 Å². The van der Waals surface area contributed by atoms with Crippen LogP contribution in [0.5, 0.6) is 0 Å². The van der Waals surface area contributed by atoms with E-state index in [1.807, 2.05) is 54.5 Å². The quantitative estimate of drug-likeness (QED) is 0.346. The van der Waals surface area contributed by atoms with Crippen LogP contribution >= 0.6 is 35.3 Å². The van der Waals surface area contributed by atoms with Crippen LogP contribution in [0.3, 0.4) is 0 Å². The summed E-state index contributed by atoms with van der Waals surface area (Å²) in [6.45, 7) is 13.1. The van der Waals surface area contributed by atoms with Crippen molar-refractivity contribution < 1.29 is 24.6 Å². The lowest BCUT2D eigenvalue weighted by Gasteiger charge is -2.54. The summed E-state index contributed by atoms with van der Waals surface area (Å²) in [5, 5.41) is 24.6. The molecule has 3 aliphatic heterocycles. The van der Waals surface area contributed by atoms with Crippen LogP contribution in [0.4, 0.5) is 5.69 Å². The molecular formula is C29H32N4O7S3. The summed E-state index contributed by atoms with van der Waals surface area (Å²) in [5.74, 6) is -3.06.